The zero-order valence-electron chi connectivity index (χ0n) is 10.0. The molecule has 1 heterocycles. The van der Waals surface area contributed by atoms with Gasteiger partial charge in [0.25, 0.3) is 0 Å². The van der Waals surface area contributed by atoms with Crippen molar-refractivity contribution in [3.05, 3.63) is 35.9 Å². The summed E-state index contributed by atoms with van der Waals surface area (Å²) >= 11 is 0. The molecule has 0 aromatic heterocycles. The van der Waals surface area contributed by atoms with Crippen LogP contribution in [0.5, 0.6) is 0 Å². The summed E-state index contributed by atoms with van der Waals surface area (Å²) in [7, 11) is 0. The maximum absolute atomic E-state index is 12.7. The number of benzene rings is 1. The van der Waals surface area contributed by atoms with Gasteiger partial charge >= 0.3 is 6.09 Å². The number of alkyl halides is 1. The fourth-order valence-electron chi connectivity index (χ4n) is 1.83. The fraction of sp³-hybridized carbons (Fsp3) is 0.462. The topological polar surface area (TPSA) is 38.8 Å². The highest BCUT2D eigenvalue weighted by atomic mass is 19.1. The van der Waals surface area contributed by atoms with Gasteiger partial charge in [-0.05, 0) is 5.56 Å². The molecule has 1 saturated heterocycles. The van der Waals surface area contributed by atoms with E-state index in [2.05, 4.69) is 0 Å². The zero-order chi connectivity index (χ0) is 12.8. The van der Waals surface area contributed by atoms with E-state index in [1.807, 2.05) is 30.3 Å². The van der Waals surface area contributed by atoms with Crippen molar-refractivity contribution in [2.24, 2.45) is 0 Å². The van der Waals surface area contributed by atoms with Gasteiger partial charge in [-0.2, -0.15) is 0 Å². The van der Waals surface area contributed by atoms with Crippen LogP contribution in [-0.2, 0) is 16.1 Å². The lowest BCUT2D eigenvalue weighted by Gasteiger charge is -2.32. The van der Waals surface area contributed by atoms with Crippen LogP contribution in [0.2, 0.25) is 0 Å². The van der Waals surface area contributed by atoms with E-state index >= 15 is 0 Å². The van der Waals surface area contributed by atoms with Gasteiger partial charge in [0, 0.05) is 6.54 Å². The van der Waals surface area contributed by atoms with Gasteiger partial charge in [0.1, 0.15) is 13.3 Å². The number of rotatable bonds is 3. The van der Waals surface area contributed by atoms with Crippen LogP contribution < -0.4 is 0 Å². The Labute approximate surface area is 105 Å². The standard InChI is InChI=1S/C13H16FNO3/c14-8-12-10-17-7-6-15(12)13(16)18-9-11-4-2-1-3-5-11/h1-5,12H,6-10H2. The monoisotopic (exact) mass is 253 g/mol. The van der Waals surface area contributed by atoms with Gasteiger partial charge in [-0.1, -0.05) is 30.3 Å². The number of halogens is 1. The SMILES string of the molecule is O=C(OCc1ccccc1)N1CCOCC1CF. The summed E-state index contributed by atoms with van der Waals surface area (Å²) in [5.41, 5.74) is 0.913. The first-order valence-electron chi connectivity index (χ1n) is 5.92. The smallest absolute Gasteiger partial charge is 0.410 e. The molecule has 0 radical (unpaired) electrons. The summed E-state index contributed by atoms with van der Waals surface area (Å²) in [5, 5.41) is 0. The summed E-state index contributed by atoms with van der Waals surface area (Å²) in [4.78, 5) is 13.2. The molecule has 0 N–H and O–H groups in total. The summed E-state index contributed by atoms with van der Waals surface area (Å²) in [6.45, 7) is 0.632. The highest BCUT2D eigenvalue weighted by Crippen LogP contribution is 2.11. The molecule has 0 spiro atoms. The van der Waals surface area contributed by atoms with E-state index in [9.17, 15) is 9.18 Å². The van der Waals surface area contributed by atoms with Crippen LogP contribution in [0.1, 0.15) is 5.56 Å². The minimum absolute atomic E-state index is 0.204. The molecule has 5 heteroatoms. The van der Waals surface area contributed by atoms with Gasteiger partial charge in [0.05, 0.1) is 19.3 Å². The number of amides is 1. The van der Waals surface area contributed by atoms with Crippen molar-refractivity contribution >= 4 is 6.09 Å². The molecule has 18 heavy (non-hydrogen) atoms. The van der Waals surface area contributed by atoms with Crippen LogP contribution in [0.25, 0.3) is 0 Å². The number of nitrogens with zero attached hydrogens (tertiary/aromatic N) is 1. The van der Waals surface area contributed by atoms with Gasteiger partial charge in [-0.3, -0.25) is 4.90 Å². The van der Waals surface area contributed by atoms with E-state index in [0.29, 0.717) is 13.2 Å². The molecule has 0 bridgehead atoms. The number of hydrogen-bond donors (Lipinski definition) is 0. The lowest BCUT2D eigenvalue weighted by Crippen LogP contribution is -2.49. The van der Waals surface area contributed by atoms with Crippen molar-refractivity contribution in [3.63, 3.8) is 0 Å². The minimum Gasteiger partial charge on any atom is -0.445 e. The highest BCUT2D eigenvalue weighted by molar-refractivity contribution is 5.68. The van der Waals surface area contributed by atoms with E-state index in [1.54, 1.807) is 0 Å². The van der Waals surface area contributed by atoms with Crippen molar-refractivity contribution in [3.8, 4) is 0 Å². The summed E-state index contributed by atoms with van der Waals surface area (Å²) in [5.74, 6) is 0. The number of morpholine rings is 1. The molecule has 0 saturated carbocycles. The third-order valence-corrected chi connectivity index (χ3v) is 2.85. The second-order valence-electron chi connectivity index (χ2n) is 4.12. The lowest BCUT2D eigenvalue weighted by atomic mass is 10.2. The average molecular weight is 253 g/mol. The predicted octanol–water partition coefficient (Wildman–Crippen LogP) is 1.99. The van der Waals surface area contributed by atoms with Crippen LogP contribution >= 0.6 is 0 Å². The maximum atomic E-state index is 12.7. The van der Waals surface area contributed by atoms with E-state index in [-0.39, 0.29) is 13.2 Å². The van der Waals surface area contributed by atoms with Crippen molar-refractivity contribution in [1.82, 2.24) is 4.90 Å². The number of carbonyl (C=O) groups excluding carboxylic acids is 1. The van der Waals surface area contributed by atoms with Crippen molar-refractivity contribution in [2.45, 2.75) is 12.6 Å². The summed E-state index contributed by atoms with van der Waals surface area (Å²) in [6.07, 6.45) is -0.482. The van der Waals surface area contributed by atoms with E-state index in [4.69, 9.17) is 9.47 Å². The fourth-order valence-corrected chi connectivity index (χ4v) is 1.83. The molecule has 1 fully saturated rings. The molecular formula is C13H16FNO3. The van der Waals surface area contributed by atoms with Crippen molar-refractivity contribution in [2.75, 3.05) is 26.4 Å². The quantitative estimate of drug-likeness (QED) is 0.827. The molecule has 0 aliphatic carbocycles. The number of carbonyl (C=O) groups is 1. The molecule has 1 aliphatic heterocycles. The van der Waals surface area contributed by atoms with Gasteiger partial charge in [0.15, 0.2) is 0 Å². The van der Waals surface area contributed by atoms with E-state index < -0.39 is 18.8 Å². The Morgan fingerprint density at radius 1 is 1.44 bits per heavy atom. The van der Waals surface area contributed by atoms with Crippen LogP contribution in [0.3, 0.4) is 0 Å². The van der Waals surface area contributed by atoms with Crippen LogP contribution in [0, 0.1) is 0 Å². The third-order valence-electron chi connectivity index (χ3n) is 2.85. The molecule has 1 atom stereocenters. The molecule has 1 aromatic rings. The Kier molecular flexibility index (Phi) is 4.52. The molecule has 4 nitrogen and oxygen atoms in total. The minimum atomic E-state index is -0.611. The second kappa shape index (κ2) is 6.35. The molecule has 1 aromatic carbocycles. The Morgan fingerprint density at radius 3 is 2.94 bits per heavy atom. The van der Waals surface area contributed by atoms with Crippen molar-refractivity contribution < 1.29 is 18.7 Å². The maximum Gasteiger partial charge on any atom is 0.410 e. The molecule has 2 rings (SSSR count). The molecule has 1 amide bonds. The van der Waals surface area contributed by atoms with E-state index in [0.717, 1.165) is 5.56 Å². The van der Waals surface area contributed by atoms with Gasteiger partial charge in [0.2, 0.25) is 0 Å². The number of hydrogen-bond acceptors (Lipinski definition) is 3. The molecular weight excluding hydrogens is 237 g/mol. The Bertz CT molecular complexity index is 385. The first-order chi connectivity index (χ1) is 8.81. The van der Waals surface area contributed by atoms with Crippen molar-refractivity contribution in [1.29, 1.82) is 0 Å². The first-order valence-corrected chi connectivity index (χ1v) is 5.92. The molecule has 98 valence electrons. The Hall–Kier alpha value is -1.62. The van der Waals surface area contributed by atoms with E-state index in [1.165, 1.54) is 4.90 Å². The third kappa shape index (κ3) is 3.20. The van der Waals surface area contributed by atoms with Gasteiger partial charge in [-0.25, -0.2) is 9.18 Å². The Morgan fingerprint density at radius 2 is 2.22 bits per heavy atom. The summed E-state index contributed by atoms with van der Waals surface area (Å²) in [6, 6.07) is 8.87. The van der Waals surface area contributed by atoms with Crippen LogP contribution in [0.4, 0.5) is 9.18 Å². The normalized spacial score (nSPS) is 19.6. The Balaban J connectivity index is 1.87. The van der Waals surface area contributed by atoms with Crippen LogP contribution in [0.15, 0.2) is 30.3 Å². The predicted molar refractivity (Wildman–Crippen MR) is 63.9 cm³/mol. The first kappa shape index (κ1) is 12.8. The summed E-state index contributed by atoms with van der Waals surface area (Å²) < 4.78 is 23.0. The second-order valence-corrected chi connectivity index (χ2v) is 4.12. The lowest BCUT2D eigenvalue weighted by molar-refractivity contribution is -0.0174. The average Bonchev–Trinajstić information content (AvgIpc) is 2.45. The van der Waals surface area contributed by atoms with Gasteiger partial charge < -0.3 is 9.47 Å². The molecule has 1 unspecified atom stereocenters. The zero-order valence-corrected chi connectivity index (χ0v) is 10.0. The highest BCUT2D eigenvalue weighted by Gasteiger charge is 2.28. The van der Waals surface area contributed by atoms with Gasteiger partial charge in [-0.15, -0.1) is 0 Å². The number of ether oxygens (including phenoxy) is 2. The largest absolute Gasteiger partial charge is 0.445 e. The molecule has 1 aliphatic rings. The van der Waals surface area contributed by atoms with Crippen LogP contribution in [-0.4, -0.2) is 43.5 Å².